The summed E-state index contributed by atoms with van der Waals surface area (Å²) in [6.45, 7) is 6.94. The van der Waals surface area contributed by atoms with Gasteiger partial charge < -0.3 is 19.7 Å². The number of aromatic nitrogens is 2. The smallest absolute Gasteiger partial charge is 0.255 e. The molecule has 4 rings (SSSR count). The van der Waals surface area contributed by atoms with Crippen LogP contribution in [-0.2, 0) is 6.54 Å². The highest BCUT2D eigenvalue weighted by Gasteiger charge is 2.30. The zero-order valence-electron chi connectivity index (χ0n) is 16.2. The van der Waals surface area contributed by atoms with Crippen molar-refractivity contribution in [2.24, 2.45) is 0 Å². The summed E-state index contributed by atoms with van der Waals surface area (Å²) in [6, 6.07) is 6.49. The number of aliphatic hydroxyl groups is 1. The summed E-state index contributed by atoms with van der Waals surface area (Å²) in [5.41, 5.74) is 5.64. The van der Waals surface area contributed by atoms with Crippen LogP contribution in [0.5, 0.6) is 0 Å². The molecule has 1 aliphatic heterocycles. The lowest BCUT2D eigenvalue weighted by Crippen LogP contribution is -2.53. The van der Waals surface area contributed by atoms with Crippen molar-refractivity contribution in [3.8, 4) is 0 Å². The van der Waals surface area contributed by atoms with Crippen molar-refractivity contribution in [1.29, 1.82) is 0 Å². The molecule has 3 heterocycles. The molecule has 3 aromatic rings. The van der Waals surface area contributed by atoms with Gasteiger partial charge in [-0.2, -0.15) is 0 Å². The number of rotatable bonds is 4. The van der Waals surface area contributed by atoms with E-state index in [0.717, 1.165) is 28.2 Å². The first-order valence-electron chi connectivity index (χ1n) is 9.29. The van der Waals surface area contributed by atoms with Gasteiger partial charge in [-0.25, -0.2) is 9.37 Å². The molecule has 1 aromatic carbocycles. The second-order valence-electron chi connectivity index (χ2n) is 7.41. The minimum atomic E-state index is -0.446. The molecule has 0 aliphatic carbocycles. The van der Waals surface area contributed by atoms with Gasteiger partial charge in [-0.05, 0) is 50.1 Å². The van der Waals surface area contributed by atoms with E-state index in [1.807, 2.05) is 25.2 Å². The van der Waals surface area contributed by atoms with Crippen LogP contribution in [0.3, 0.4) is 0 Å². The van der Waals surface area contributed by atoms with Gasteiger partial charge in [0.1, 0.15) is 5.82 Å². The SMILES string of the molecule is Cc1ccc(F)cc1CNc1cc(C(=O)N2CC(O)C2)cn2c(C)c(C)nc12. The second-order valence-corrected chi connectivity index (χ2v) is 7.41. The molecule has 1 saturated heterocycles. The molecule has 0 spiro atoms. The van der Waals surface area contributed by atoms with Gasteiger partial charge >= 0.3 is 0 Å². The molecular formula is C21H23FN4O2. The average molecular weight is 382 g/mol. The number of pyridine rings is 1. The Balaban J connectivity index is 1.70. The van der Waals surface area contributed by atoms with Gasteiger partial charge in [0, 0.05) is 31.5 Å². The van der Waals surface area contributed by atoms with Gasteiger partial charge in [0.2, 0.25) is 0 Å². The van der Waals surface area contributed by atoms with Crippen molar-refractivity contribution in [1.82, 2.24) is 14.3 Å². The van der Waals surface area contributed by atoms with Crippen LogP contribution >= 0.6 is 0 Å². The molecule has 1 aliphatic rings. The minimum Gasteiger partial charge on any atom is -0.389 e. The summed E-state index contributed by atoms with van der Waals surface area (Å²) >= 11 is 0. The van der Waals surface area contributed by atoms with E-state index in [1.54, 1.807) is 23.2 Å². The topological polar surface area (TPSA) is 69.9 Å². The fraction of sp³-hybridized carbons (Fsp3) is 0.333. The first kappa shape index (κ1) is 18.4. The molecule has 2 N–H and O–H groups in total. The van der Waals surface area contributed by atoms with E-state index in [4.69, 9.17) is 0 Å². The van der Waals surface area contributed by atoms with Crippen molar-refractivity contribution in [3.63, 3.8) is 0 Å². The molecule has 0 atom stereocenters. The molecule has 28 heavy (non-hydrogen) atoms. The summed E-state index contributed by atoms with van der Waals surface area (Å²) < 4.78 is 15.5. The van der Waals surface area contributed by atoms with Gasteiger partial charge in [-0.15, -0.1) is 0 Å². The molecular weight excluding hydrogens is 359 g/mol. The molecule has 0 bridgehead atoms. The van der Waals surface area contributed by atoms with Crippen LogP contribution in [0.25, 0.3) is 5.65 Å². The second kappa shape index (κ2) is 6.91. The predicted octanol–water partition coefficient (Wildman–Crippen LogP) is 2.83. The van der Waals surface area contributed by atoms with Crippen LogP contribution in [0.2, 0.25) is 0 Å². The van der Waals surface area contributed by atoms with E-state index in [2.05, 4.69) is 10.3 Å². The molecule has 6 nitrogen and oxygen atoms in total. The van der Waals surface area contributed by atoms with Gasteiger partial charge in [0.25, 0.3) is 5.91 Å². The Hall–Kier alpha value is -2.93. The fourth-order valence-corrected chi connectivity index (χ4v) is 3.44. The van der Waals surface area contributed by atoms with Gasteiger partial charge in [0.05, 0.1) is 23.0 Å². The highest BCUT2D eigenvalue weighted by Crippen LogP contribution is 2.25. The van der Waals surface area contributed by atoms with Crippen LogP contribution < -0.4 is 5.32 Å². The number of hydrogen-bond donors (Lipinski definition) is 2. The van der Waals surface area contributed by atoms with Crippen molar-refractivity contribution >= 4 is 17.2 Å². The molecule has 146 valence electrons. The Kier molecular flexibility index (Phi) is 4.55. The third kappa shape index (κ3) is 3.22. The van der Waals surface area contributed by atoms with Crippen LogP contribution in [0.1, 0.15) is 32.9 Å². The molecule has 2 aromatic heterocycles. The molecule has 0 radical (unpaired) electrons. The lowest BCUT2D eigenvalue weighted by molar-refractivity contribution is 0.00586. The predicted molar refractivity (Wildman–Crippen MR) is 105 cm³/mol. The zero-order valence-corrected chi connectivity index (χ0v) is 16.2. The number of anilines is 1. The van der Waals surface area contributed by atoms with E-state index in [9.17, 15) is 14.3 Å². The van der Waals surface area contributed by atoms with E-state index >= 15 is 0 Å². The van der Waals surface area contributed by atoms with Gasteiger partial charge in [-0.3, -0.25) is 4.79 Å². The lowest BCUT2D eigenvalue weighted by atomic mass is 10.1. The molecule has 0 saturated carbocycles. The molecule has 7 heteroatoms. The van der Waals surface area contributed by atoms with Crippen molar-refractivity contribution < 1.29 is 14.3 Å². The van der Waals surface area contributed by atoms with E-state index in [1.165, 1.54) is 12.1 Å². The lowest BCUT2D eigenvalue weighted by Gasteiger charge is -2.35. The Morgan fingerprint density at radius 2 is 2.04 bits per heavy atom. The average Bonchev–Trinajstić information content (AvgIpc) is 2.93. The van der Waals surface area contributed by atoms with Gasteiger partial charge in [0.15, 0.2) is 5.65 Å². The van der Waals surface area contributed by atoms with Crippen LogP contribution in [0.4, 0.5) is 10.1 Å². The Bertz CT molecular complexity index is 1070. The number of amides is 1. The maximum atomic E-state index is 13.6. The van der Waals surface area contributed by atoms with E-state index < -0.39 is 6.10 Å². The highest BCUT2D eigenvalue weighted by molar-refractivity contribution is 5.96. The van der Waals surface area contributed by atoms with Crippen LogP contribution in [-0.4, -0.2) is 44.5 Å². The quantitative estimate of drug-likeness (QED) is 0.728. The third-order valence-corrected chi connectivity index (χ3v) is 5.37. The summed E-state index contributed by atoms with van der Waals surface area (Å²) in [7, 11) is 0. The summed E-state index contributed by atoms with van der Waals surface area (Å²) in [6.07, 6.45) is 1.34. The summed E-state index contributed by atoms with van der Waals surface area (Å²) in [5.74, 6) is -0.400. The number of hydrogen-bond acceptors (Lipinski definition) is 4. The summed E-state index contributed by atoms with van der Waals surface area (Å²) in [5, 5.41) is 12.8. The highest BCUT2D eigenvalue weighted by atomic mass is 19.1. The third-order valence-electron chi connectivity index (χ3n) is 5.37. The molecule has 0 unspecified atom stereocenters. The maximum absolute atomic E-state index is 13.6. The minimum absolute atomic E-state index is 0.122. The number of aliphatic hydroxyl groups excluding tert-OH is 1. The van der Waals surface area contributed by atoms with E-state index in [0.29, 0.717) is 30.9 Å². The number of carbonyl (C=O) groups excluding carboxylic acids is 1. The standard InChI is InChI=1S/C21H23FN4O2/c1-12-4-5-17(22)6-15(12)8-23-19-7-16(21(28)25-10-18(27)11-25)9-26-14(3)13(2)24-20(19)26/h4-7,9,18,23,27H,8,10-11H2,1-3H3. The van der Waals surface area contributed by atoms with Crippen LogP contribution in [0.15, 0.2) is 30.5 Å². The monoisotopic (exact) mass is 382 g/mol. The number of carbonyl (C=O) groups is 1. The normalized spacial score (nSPS) is 14.4. The van der Waals surface area contributed by atoms with Crippen LogP contribution in [0, 0.1) is 26.6 Å². The van der Waals surface area contributed by atoms with Gasteiger partial charge in [-0.1, -0.05) is 6.07 Å². The number of imidazole rings is 1. The number of nitrogens with one attached hydrogen (secondary N) is 1. The number of β-amino-alcohol motifs (C(OH)–C–C–N with tert-alkyl or cyclic N) is 1. The number of likely N-dealkylation sites (tertiary alicyclic amines) is 1. The van der Waals surface area contributed by atoms with E-state index in [-0.39, 0.29) is 11.7 Å². The fourth-order valence-electron chi connectivity index (χ4n) is 3.44. The first-order chi connectivity index (χ1) is 13.3. The number of fused-ring (bicyclic) bond motifs is 1. The first-order valence-corrected chi connectivity index (χ1v) is 9.29. The maximum Gasteiger partial charge on any atom is 0.255 e. The summed E-state index contributed by atoms with van der Waals surface area (Å²) in [4.78, 5) is 19.0. The number of nitrogens with zero attached hydrogens (tertiary/aromatic N) is 3. The van der Waals surface area contributed by atoms with Crippen molar-refractivity contribution in [2.75, 3.05) is 18.4 Å². The largest absolute Gasteiger partial charge is 0.389 e. The van der Waals surface area contributed by atoms with Crippen molar-refractivity contribution in [2.45, 2.75) is 33.4 Å². The zero-order chi connectivity index (χ0) is 20.0. The molecule has 1 fully saturated rings. The molecule has 1 amide bonds. The Morgan fingerprint density at radius 3 is 2.75 bits per heavy atom. The van der Waals surface area contributed by atoms with Crippen molar-refractivity contribution in [3.05, 3.63) is 64.4 Å². The Labute approximate surface area is 162 Å². The number of halogens is 1. The number of aryl methyl sites for hydroxylation is 3. The number of benzene rings is 1. The Morgan fingerprint density at radius 1 is 1.29 bits per heavy atom.